The topological polar surface area (TPSA) is 43.6 Å². The molecular weight excluding hydrogens is 366 g/mol. The van der Waals surface area contributed by atoms with Gasteiger partial charge in [0.05, 0.1) is 12.1 Å². The lowest BCUT2D eigenvalue weighted by atomic mass is 10.1. The molecule has 1 N–H and O–H groups in total. The third-order valence-corrected chi connectivity index (χ3v) is 10.2. The highest BCUT2D eigenvalue weighted by Gasteiger charge is 2.37. The number of hydrogen-bond donors (Lipinski definition) is 1. The molecule has 0 spiro atoms. The highest BCUT2D eigenvalue weighted by atomic mass is 28.4. The molecule has 1 atom stereocenters. The molecule has 0 amide bonds. The second-order valence-electron chi connectivity index (χ2n) is 9.12. The first kappa shape index (κ1) is 22.5. The smallest absolute Gasteiger partial charge is 0.192 e. The van der Waals surface area contributed by atoms with Crippen LogP contribution in [0.1, 0.15) is 45.1 Å². The number of rotatable bonds is 8. The molecule has 0 fully saturated rings. The maximum absolute atomic E-state index is 10.4. The van der Waals surface area contributed by atoms with Gasteiger partial charge in [0, 0.05) is 29.8 Å². The predicted octanol–water partition coefficient (Wildman–Crippen LogP) is 5.87. The Morgan fingerprint density at radius 2 is 1.93 bits per heavy atom. The molecule has 1 unspecified atom stereocenters. The Morgan fingerprint density at radius 1 is 1.29 bits per heavy atom. The number of hydrogen-bond acceptors (Lipinski definition) is 3. The minimum Gasteiger partial charge on any atom is -0.489 e. The molecule has 0 aliphatic rings. The average molecular weight is 402 g/mol. The fourth-order valence-corrected chi connectivity index (χ4v) is 3.68. The standard InChI is InChI=1S/C23H35NO3Si/c1-10-21(25)19-12-17-11-18(15-27-28(8,9)23(4,5)6)24(7)20(17)13-22(19)26-14-16(2)3/h10-13,21,25H,1-2,14-15H2,3-9H3. The minimum atomic E-state index is -1.83. The monoisotopic (exact) mass is 401 g/mol. The molecule has 2 aromatic rings. The SMILES string of the molecule is C=CC(O)c1cc2cc(CO[Si](C)(C)C(C)(C)C)n(C)c2cc1OCC(=C)C. The summed E-state index contributed by atoms with van der Waals surface area (Å²) in [5, 5.41) is 11.6. The maximum Gasteiger partial charge on any atom is 0.192 e. The van der Waals surface area contributed by atoms with E-state index in [1.807, 2.05) is 26.1 Å². The number of aryl methyl sites for hydroxylation is 1. The van der Waals surface area contributed by atoms with Crippen molar-refractivity contribution < 1.29 is 14.3 Å². The van der Waals surface area contributed by atoms with Crippen molar-refractivity contribution in [1.82, 2.24) is 4.57 Å². The Balaban J connectivity index is 2.42. The lowest BCUT2D eigenvalue weighted by Crippen LogP contribution is -2.40. The molecule has 5 heteroatoms. The normalized spacial score (nSPS) is 13.6. The molecule has 1 aromatic heterocycles. The fraction of sp³-hybridized carbons (Fsp3) is 0.478. The molecule has 1 heterocycles. The lowest BCUT2D eigenvalue weighted by molar-refractivity contribution is 0.221. The third-order valence-electron chi connectivity index (χ3n) is 5.68. The molecule has 0 saturated heterocycles. The van der Waals surface area contributed by atoms with E-state index in [0.29, 0.717) is 24.5 Å². The molecule has 0 aliphatic carbocycles. The van der Waals surface area contributed by atoms with Gasteiger partial charge in [-0.1, -0.05) is 33.4 Å². The summed E-state index contributed by atoms with van der Waals surface area (Å²) in [7, 11) is 0.209. The van der Waals surface area contributed by atoms with Crippen molar-refractivity contribution in [3.8, 4) is 5.75 Å². The van der Waals surface area contributed by atoms with Crippen molar-refractivity contribution in [1.29, 1.82) is 0 Å². The maximum atomic E-state index is 10.4. The van der Waals surface area contributed by atoms with Gasteiger partial charge in [0.1, 0.15) is 18.5 Å². The van der Waals surface area contributed by atoms with Gasteiger partial charge < -0.3 is 18.8 Å². The Hall–Kier alpha value is -1.82. The largest absolute Gasteiger partial charge is 0.489 e. The van der Waals surface area contributed by atoms with E-state index in [1.54, 1.807) is 0 Å². The van der Waals surface area contributed by atoms with E-state index < -0.39 is 14.4 Å². The zero-order valence-electron chi connectivity index (χ0n) is 18.4. The zero-order chi connectivity index (χ0) is 21.3. The van der Waals surface area contributed by atoms with Crippen molar-refractivity contribution in [3.05, 3.63) is 54.3 Å². The quantitative estimate of drug-likeness (QED) is 0.444. The third kappa shape index (κ3) is 4.77. The van der Waals surface area contributed by atoms with E-state index in [9.17, 15) is 5.11 Å². The number of nitrogens with zero attached hydrogens (tertiary/aromatic N) is 1. The average Bonchev–Trinajstić information content (AvgIpc) is 2.91. The summed E-state index contributed by atoms with van der Waals surface area (Å²) in [6.45, 7) is 21.8. The van der Waals surface area contributed by atoms with Crippen LogP contribution in [0, 0.1) is 0 Å². The van der Waals surface area contributed by atoms with Crippen molar-refractivity contribution in [2.75, 3.05) is 6.61 Å². The van der Waals surface area contributed by atoms with Crippen LogP contribution in [0.4, 0.5) is 0 Å². The molecule has 0 bridgehead atoms. The van der Waals surface area contributed by atoms with E-state index in [2.05, 4.69) is 57.7 Å². The Labute approximate surface area is 170 Å². The molecular formula is C23H35NO3Si. The summed E-state index contributed by atoms with van der Waals surface area (Å²) < 4.78 is 14.5. The highest BCUT2D eigenvalue weighted by Crippen LogP contribution is 2.38. The summed E-state index contributed by atoms with van der Waals surface area (Å²) in [6, 6.07) is 6.09. The van der Waals surface area contributed by atoms with Gasteiger partial charge in [-0.3, -0.25) is 0 Å². The number of aliphatic hydroxyl groups is 1. The zero-order valence-corrected chi connectivity index (χ0v) is 19.4. The minimum absolute atomic E-state index is 0.169. The molecule has 1 aromatic carbocycles. The van der Waals surface area contributed by atoms with Crippen LogP contribution in [-0.4, -0.2) is 24.6 Å². The highest BCUT2D eigenvalue weighted by molar-refractivity contribution is 6.74. The Kier molecular flexibility index (Phi) is 6.64. The number of ether oxygens (including phenoxy) is 1. The van der Waals surface area contributed by atoms with Gasteiger partial charge >= 0.3 is 0 Å². The van der Waals surface area contributed by atoms with Crippen molar-refractivity contribution >= 4 is 19.2 Å². The Bertz CT molecular complexity index is 874. The van der Waals surface area contributed by atoms with Crippen molar-refractivity contribution in [2.24, 2.45) is 7.05 Å². The summed E-state index contributed by atoms with van der Waals surface area (Å²) in [5.74, 6) is 0.654. The summed E-state index contributed by atoms with van der Waals surface area (Å²) >= 11 is 0. The Morgan fingerprint density at radius 3 is 2.46 bits per heavy atom. The van der Waals surface area contributed by atoms with Crippen LogP contribution < -0.4 is 4.74 Å². The second kappa shape index (κ2) is 8.27. The van der Waals surface area contributed by atoms with Gasteiger partial charge in [-0.05, 0) is 42.8 Å². The lowest BCUT2D eigenvalue weighted by Gasteiger charge is -2.36. The van der Waals surface area contributed by atoms with Crippen LogP contribution in [0.2, 0.25) is 18.1 Å². The summed E-state index contributed by atoms with van der Waals surface area (Å²) in [6.07, 6.45) is 0.732. The van der Waals surface area contributed by atoms with Gasteiger partial charge in [-0.2, -0.15) is 0 Å². The van der Waals surface area contributed by atoms with Crippen molar-refractivity contribution in [3.63, 3.8) is 0 Å². The van der Waals surface area contributed by atoms with Gasteiger partial charge in [0.25, 0.3) is 0 Å². The van der Waals surface area contributed by atoms with Gasteiger partial charge in [-0.25, -0.2) is 0 Å². The van der Waals surface area contributed by atoms with Crippen molar-refractivity contribution in [2.45, 2.75) is 58.5 Å². The second-order valence-corrected chi connectivity index (χ2v) is 13.9. The molecule has 4 nitrogen and oxygen atoms in total. The van der Waals surface area contributed by atoms with Crippen LogP contribution in [0.15, 0.2) is 43.0 Å². The predicted molar refractivity (Wildman–Crippen MR) is 120 cm³/mol. The van der Waals surface area contributed by atoms with E-state index in [0.717, 1.165) is 22.2 Å². The molecule has 28 heavy (non-hydrogen) atoms. The van der Waals surface area contributed by atoms with Gasteiger partial charge in [0.15, 0.2) is 8.32 Å². The van der Waals surface area contributed by atoms with Gasteiger partial charge in [-0.15, -0.1) is 6.58 Å². The van der Waals surface area contributed by atoms with E-state index in [1.165, 1.54) is 6.08 Å². The van der Waals surface area contributed by atoms with Crippen LogP contribution >= 0.6 is 0 Å². The molecule has 154 valence electrons. The molecule has 0 saturated carbocycles. The van der Waals surface area contributed by atoms with Crippen LogP contribution in [0.5, 0.6) is 5.75 Å². The first-order valence-corrected chi connectivity index (χ1v) is 12.6. The summed E-state index contributed by atoms with van der Waals surface area (Å²) in [4.78, 5) is 0. The number of aromatic nitrogens is 1. The van der Waals surface area contributed by atoms with Gasteiger partial charge in [0.2, 0.25) is 0 Å². The molecule has 0 aliphatic heterocycles. The fourth-order valence-electron chi connectivity index (χ4n) is 2.73. The van der Waals surface area contributed by atoms with Crippen LogP contribution in [0.3, 0.4) is 0 Å². The summed E-state index contributed by atoms with van der Waals surface area (Å²) in [5.41, 5.74) is 3.79. The number of aliphatic hydroxyl groups excluding tert-OH is 1. The van der Waals surface area contributed by atoms with E-state index >= 15 is 0 Å². The number of benzene rings is 1. The first-order chi connectivity index (χ1) is 12.9. The van der Waals surface area contributed by atoms with E-state index in [-0.39, 0.29) is 5.04 Å². The molecule has 0 radical (unpaired) electrons. The number of fused-ring (bicyclic) bond motifs is 1. The first-order valence-electron chi connectivity index (χ1n) is 9.71. The molecule has 2 rings (SSSR count). The van der Waals surface area contributed by atoms with Crippen LogP contribution in [0.25, 0.3) is 10.9 Å². The van der Waals surface area contributed by atoms with Crippen LogP contribution in [-0.2, 0) is 18.1 Å². The van der Waals surface area contributed by atoms with E-state index in [4.69, 9.17) is 9.16 Å².